The Bertz CT molecular complexity index is 2560. The fourth-order valence-corrected chi connectivity index (χ4v) is 8.90. The standard InChI is InChI=1S/C51H51N3O8/c1-33(55)61-29-27-52-43-23-19-37(48(57)58)31-41(43)50(3,4)45(52)25-21-35-17-18-36(47(35)54(39-13-9-7-10-14-39)40-15-11-8-12-16-40)22-26-46-51(5,6)42-32-38(49(59)60)20-24-44(42)53(46)28-30-62-34(2)56/h7-16,19-26,31-32H,17-18,27-30H2,1-6H3,(H-,57,58,59,60)/p+1. The number of carboxylic acids is 2. The third-order valence-corrected chi connectivity index (χ3v) is 11.9. The molecule has 2 aliphatic heterocycles. The monoisotopic (exact) mass is 834 g/mol. The minimum absolute atomic E-state index is 0.157. The first-order valence-electron chi connectivity index (χ1n) is 20.8. The van der Waals surface area contributed by atoms with Crippen molar-refractivity contribution in [3.05, 3.63) is 166 Å². The van der Waals surface area contributed by atoms with Crippen molar-refractivity contribution in [1.82, 2.24) is 0 Å². The first kappa shape index (κ1) is 43.1. The van der Waals surface area contributed by atoms with Crippen LogP contribution < -0.4 is 9.80 Å². The normalized spacial score (nSPS) is 17.5. The van der Waals surface area contributed by atoms with E-state index in [1.807, 2.05) is 48.5 Å². The van der Waals surface area contributed by atoms with Gasteiger partial charge in [0.15, 0.2) is 18.9 Å². The van der Waals surface area contributed by atoms with Crippen molar-refractivity contribution < 1.29 is 43.4 Å². The zero-order chi connectivity index (χ0) is 44.3. The fraction of sp³-hybridized carbons (Fsp3) is 0.275. The molecule has 7 rings (SSSR count). The van der Waals surface area contributed by atoms with E-state index in [2.05, 4.69) is 90.6 Å². The molecule has 0 fully saturated rings. The average molecular weight is 835 g/mol. The molecule has 11 nitrogen and oxygen atoms in total. The van der Waals surface area contributed by atoms with Gasteiger partial charge in [0.2, 0.25) is 5.69 Å². The van der Waals surface area contributed by atoms with E-state index in [0.29, 0.717) is 13.1 Å². The van der Waals surface area contributed by atoms with E-state index in [0.717, 1.165) is 75.0 Å². The molecule has 0 spiro atoms. The molecule has 0 unspecified atom stereocenters. The fourth-order valence-electron chi connectivity index (χ4n) is 8.90. The maximum atomic E-state index is 12.1. The molecule has 0 amide bonds. The number of fused-ring (bicyclic) bond motifs is 2. The molecule has 318 valence electrons. The van der Waals surface area contributed by atoms with Gasteiger partial charge in [-0.2, -0.15) is 4.58 Å². The van der Waals surface area contributed by atoms with Gasteiger partial charge in [0.05, 0.1) is 28.8 Å². The van der Waals surface area contributed by atoms with Gasteiger partial charge in [-0.1, -0.05) is 62.4 Å². The van der Waals surface area contributed by atoms with Crippen molar-refractivity contribution in [1.29, 1.82) is 0 Å². The van der Waals surface area contributed by atoms with Crippen molar-refractivity contribution in [2.45, 2.75) is 65.2 Å². The topological polar surface area (TPSA) is 137 Å². The van der Waals surface area contributed by atoms with E-state index in [1.54, 1.807) is 24.3 Å². The van der Waals surface area contributed by atoms with Crippen molar-refractivity contribution in [2.24, 2.45) is 0 Å². The number of ether oxygens (including phenoxy) is 2. The molecule has 4 aromatic carbocycles. The van der Waals surface area contributed by atoms with Crippen molar-refractivity contribution >= 4 is 52.3 Å². The van der Waals surface area contributed by atoms with Crippen LogP contribution in [-0.4, -0.2) is 70.7 Å². The Labute approximate surface area is 362 Å². The number of nitrogens with zero attached hydrogens (tertiary/aromatic N) is 3. The molecule has 0 saturated carbocycles. The summed E-state index contributed by atoms with van der Waals surface area (Å²) in [6, 6.07) is 30.8. The molecule has 4 aromatic rings. The first-order valence-corrected chi connectivity index (χ1v) is 20.8. The van der Waals surface area contributed by atoms with Gasteiger partial charge < -0.3 is 29.5 Å². The maximum absolute atomic E-state index is 12.1. The largest absolute Gasteiger partial charge is 0.478 e. The van der Waals surface area contributed by atoms with E-state index in [4.69, 9.17) is 9.47 Å². The highest BCUT2D eigenvalue weighted by atomic mass is 16.5. The van der Waals surface area contributed by atoms with Gasteiger partial charge in [0, 0.05) is 59.7 Å². The summed E-state index contributed by atoms with van der Waals surface area (Å²) in [5.74, 6) is -2.75. The SMILES string of the molecule is CC(=O)OCCN1/C(=C/C=C2\CCC(/C=C/C3=[N+](CCOC(C)=O)c4ccc(C(=O)O)cc4C3(C)C)=C2N(c2ccccc2)c2ccccc2)C(C)(C)c2cc(C(=O)O)ccc21. The summed E-state index contributed by atoms with van der Waals surface area (Å²) in [4.78, 5) is 52.2. The second-order valence-electron chi connectivity index (χ2n) is 16.7. The van der Waals surface area contributed by atoms with Gasteiger partial charge in [-0.25, -0.2) is 9.59 Å². The van der Waals surface area contributed by atoms with Gasteiger partial charge in [-0.15, -0.1) is 0 Å². The number of carboxylic acid groups (broad SMARTS) is 2. The smallest absolute Gasteiger partial charge is 0.335 e. The van der Waals surface area contributed by atoms with Crippen molar-refractivity contribution in [3.63, 3.8) is 0 Å². The second-order valence-corrected chi connectivity index (χ2v) is 16.7. The number of para-hydroxylation sites is 2. The molecular weight excluding hydrogens is 783 g/mol. The minimum atomic E-state index is -1.00. The lowest BCUT2D eigenvalue weighted by Crippen LogP contribution is -2.29. The molecule has 0 bridgehead atoms. The number of allylic oxidation sites excluding steroid dienone is 7. The van der Waals surface area contributed by atoms with Crippen LogP contribution in [0.1, 0.15) is 86.2 Å². The van der Waals surface area contributed by atoms with Gasteiger partial charge >= 0.3 is 23.9 Å². The Morgan fingerprint density at radius 2 is 1.29 bits per heavy atom. The summed E-state index contributed by atoms with van der Waals surface area (Å²) in [6.45, 7) is 12.2. The molecule has 3 aliphatic rings. The van der Waals surface area contributed by atoms with Crippen LogP contribution in [0.5, 0.6) is 0 Å². The molecule has 2 N–H and O–H groups in total. The number of carbonyl (C=O) groups is 4. The zero-order valence-corrected chi connectivity index (χ0v) is 36.0. The molecular formula is C51H52N3O8+. The van der Waals surface area contributed by atoms with Crippen LogP contribution in [0.25, 0.3) is 0 Å². The zero-order valence-electron chi connectivity index (χ0n) is 36.0. The summed E-state index contributed by atoms with van der Waals surface area (Å²) < 4.78 is 12.9. The number of rotatable bonds is 14. The Morgan fingerprint density at radius 1 is 0.710 bits per heavy atom. The number of anilines is 3. The molecule has 0 radical (unpaired) electrons. The van der Waals surface area contributed by atoms with Crippen LogP contribution in [0, 0.1) is 0 Å². The van der Waals surface area contributed by atoms with Crippen LogP contribution in [0.2, 0.25) is 0 Å². The van der Waals surface area contributed by atoms with Gasteiger partial charge in [-0.05, 0) is 104 Å². The highest BCUT2D eigenvalue weighted by molar-refractivity contribution is 6.04. The number of aromatic carboxylic acids is 2. The number of hydrogen-bond donors (Lipinski definition) is 2. The Hall–Kier alpha value is -7.01. The van der Waals surface area contributed by atoms with Crippen molar-refractivity contribution in [2.75, 3.05) is 36.1 Å². The molecule has 2 heterocycles. The summed E-state index contributed by atoms with van der Waals surface area (Å²) in [5.41, 5.74) is 9.70. The van der Waals surface area contributed by atoms with E-state index in [-0.39, 0.29) is 36.3 Å². The summed E-state index contributed by atoms with van der Waals surface area (Å²) in [5, 5.41) is 19.8. The Balaban J connectivity index is 1.40. The Kier molecular flexibility index (Phi) is 12.2. The molecule has 0 aromatic heterocycles. The van der Waals surface area contributed by atoms with E-state index in [1.165, 1.54) is 13.8 Å². The highest BCUT2D eigenvalue weighted by Gasteiger charge is 2.45. The van der Waals surface area contributed by atoms with E-state index in [9.17, 15) is 29.4 Å². The number of carbonyl (C=O) groups excluding carboxylic acids is 2. The number of esters is 2. The molecule has 0 saturated heterocycles. The minimum Gasteiger partial charge on any atom is -0.478 e. The Morgan fingerprint density at radius 3 is 1.89 bits per heavy atom. The third kappa shape index (κ3) is 8.48. The lowest BCUT2D eigenvalue weighted by atomic mass is 9.80. The molecule has 1 aliphatic carbocycles. The summed E-state index contributed by atoms with van der Waals surface area (Å²) >= 11 is 0. The predicted molar refractivity (Wildman–Crippen MR) is 240 cm³/mol. The van der Waals surface area contributed by atoms with Crippen LogP contribution in [0.4, 0.5) is 22.7 Å². The van der Waals surface area contributed by atoms with Crippen molar-refractivity contribution in [3.8, 4) is 0 Å². The third-order valence-electron chi connectivity index (χ3n) is 11.9. The van der Waals surface area contributed by atoms with Crippen LogP contribution in [0.3, 0.4) is 0 Å². The maximum Gasteiger partial charge on any atom is 0.335 e. The summed E-state index contributed by atoms with van der Waals surface area (Å²) in [6.07, 6.45) is 10.00. The quantitative estimate of drug-likeness (QED) is 0.0934. The average Bonchev–Trinajstić information content (AvgIpc) is 3.80. The van der Waals surface area contributed by atoms with Gasteiger partial charge in [0.25, 0.3) is 0 Å². The number of benzene rings is 4. The second kappa shape index (κ2) is 17.5. The first-order chi connectivity index (χ1) is 29.6. The van der Waals surface area contributed by atoms with E-state index < -0.39 is 22.8 Å². The van der Waals surface area contributed by atoms with Gasteiger partial charge in [-0.3, -0.25) is 9.59 Å². The number of hydrogen-bond acceptors (Lipinski definition) is 8. The van der Waals surface area contributed by atoms with Gasteiger partial charge in [0.1, 0.15) is 6.61 Å². The van der Waals surface area contributed by atoms with Crippen LogP contribution >= 0.6 is 0 Å². The van der Waals surface area contributed by atoms with Crippen LogP contribution in [-0.2, 0) is 29.9 Å². The van der Waals surface area contributed by atoms with Crippen LogP contribution in [0.15, 0.2) is 144 Å². The lowest BCUT2D eigenvalue weighted by Gasteiger charge is -2.29. The molecule has 11 heteroatoms. The summed E-state index contributed by atoms with van der Waals surface area (Å²) in [7, 11) is 0. The highest BCUT2D eigenvalue weighted by Crippen LogP contribution is 2.49. The molecule has 0 atom stereocenters. The molecule has 62 heavy (non-hydrogen) atoms. The lowest BCUT2D eigenvalue weighted by molar-refractivity contribution is -0.440. The predicted octanol–water partition coefficient (Wildman–Crippen LogP) is 9.64. The van der Waals surface area contributed by atoms with E-state index >= 15 is 0 Å².